The predicted molar refractivity (Wildman–Crippen MR) is 80.4 cm³/mol. The maximum absolute atomic E-state index is 6.01. The highest BCUT2D eigenvalue weighted by Gasteiger charge is 2.10. The second kappa shape index (κ2) is 4.28. The standard InChI is InChI=1S/C15H14ClN3/c1-8-3-4-9(2)11(5-8)15-18-13-7-10(16)6-12(17)14(13)19-15/h3-7H,17H2,1-2H3,(H,18,19). The van der Waals surface area contributed by atoms with E-state index in [1.54, 1.807) is 6.07 Å². The van der Waals surface area contributed by atoms with Gasteiger partial charge in [-0.1, -0.05) is 29.3 Å². The Morgan fingerprint density at radius 1 is 1.16 bits per heavy atom. The first-order valence-electron chi connectivity index (χ1n) is 6.07. The van der Waals surface area contributed by atoms with Crippen LogP contribution >= 0.6 is 11.6 Å². The molecule has 0 amide bonds. The molecule has 3 nitrogen and oxygen atoms in total. The molecule has 0 aliphatic rings. The van der Waals surface area contributed by atoms with Gasteiger partial charge in [-0.05, 0) is 37.6 Å². The summed E-state index contributed by atoms with van der Waals surface area (Å²) in [5.74, 6) is 0.824. The summed E-state index contributed by atoms with van der Waals surface area (Å²) in [6, 6.07) is 9.86. The van der Waals surface area contributed by atoms with Gasteiger partial charge in [0.1, 0.15) is 11.3 Å². The number of imidazole rings is 1. The van der Waals surface area contributed by atoms with E-state index in [1.807, 2.05) is 6.07 Å². The summed E-state index contributed by atoms with van der Waals surface area (Å²) in [4.78, 5) is 7.87. The Bertz CT molecular complexity index is 774. The third kappa shape index (κ3) is 2.06. The minimum absolute atomic E-state index is 0.593. The van der Waals surface area contributed by atoms with Crippen LogP contribution in [0.4, 0.5) is 5.69 Å². The fraction of sp³-hybridized carbons (Fsp3) is 0.133. The van der Waals surface area contributed by atoms with Crippen molar-refractivity contribution in [1.82, 2.24) is 9.97 Å². The number of nitrogens with one attached hydrogen (secondary N) is 1. The van der Waals surface area contributed by atoms with Gasteiger partial charge in [0.05, 0.1) is 11.2 Å². The minimum Gasteiger partial charge on any atom is -0.397 e. The number of aromatic amines is 1. The highest BCUT2D eigenvalue weighted by molar-refractivity contribution is 6.31. The number of hydrogen-bond donors (Lipinski definition) is 2. The molecule has 0 saturated carbocycles. The van der Waals surface area contributed by atoms with E-state index >= 15 is 0 Å². The number of anilines is 1. The number of halogens is 1. The van der Waals surface area contributed by atoms with Crippen molar-refractivity contribution in [1.29, 1.82) is 0 Å². The average Bonchev–Trinajstić information content (AvgIpc) is 2.76. The fourth-order valence-corrected chi connectivity index (χ4v) is 2.45. The van der Waals surface area contributed by atoms with Crippen molar-refractivity contribution >= 4 is 28.3 Å². The summed E-state index contributed by atoms with van der Waals surface area (Å²) in [5.41, 5.74) is 11.6. The highest BCUT2D eigenvalue weighted by atomic mass is 35.5. The lowest BCUT2D eigenvalue weighted by molar-refractivity contribution is 1.29. The topological polar surface area (TPSA) is 54.7 Å². The van der Waals surface area contributed by atoms with E-state index in [9.17, 15) is 0 Å². The van der Waals surface area contributed by atoms with Gasteiger partial charge in [-0.2, -0.15) is 0 Å². The second-order valence-corrected chi connectivity index (χ2v) is 5.23. The van der Waals surface area contributed by atoms with E-state index in [-0.39, 0.29) is 0 Å². The summed E-state index contributed by atoms with van der Waals surface area (Å²) in [6.07, 6.45) is 0. The number of aromatic nitrogens is 2. The molecule has 3 rings (SSSR count). The van der Waals surface area contributed by atoms with Gasteiger partial charge in [-0.3, -0.25) is 0 Å². The SMILES string of the molecule is Cc1ccc(C)c(-c2nc3c(N)cc(Cl)cc3[nH]2)c1. The zero-order valence-corrected chi connectivity index (χ0v) is 11.5. The number of nitrogens with two attached hydrogens (primary N) is 1. The molecule has 3 aromatic rings. The molecule has 0 bridgehead atoms. The Balaban J connectivity index is 2.26. The molecule has 0 fully saturated rings. The molecule has 1 aromatic heterocycles. The molecular weight excluding hydrogens is 258 g/mol. The lowest BCUT2D eigenvalue weighted by atomic mass is 10.1. The molecule has 1 heterocycles. The van der Waals surface area contributed by atoms with Crippen LogP contribution in [-0.2, 0) is 0 Å². The average molecular weight is 272 g/mol. The van der Waals surface area contributed by atoms with Gasteiger partial charge in [0.2, 0.25) is 0 Å². The van der Waals surface area contributed by atoms with E-state index in [4.69, 9.17) is 17.3 Å². The van der Waals surface area contributed by atoms with Crippen LogP contribution in [0.25, 0.3) is 22.4 Å². The first-order valence-corrected chi connectivity index (χ1v) is 6.45. The van der Waals surface area contributed by atoms with E-state index in [0.717, 1.165) is 22.4 Å². The van der Waals surface area contributed by atoms with Gasteiger partial charge in [0.25, 0.3) is 0 Å². The van der Waals surface area contributed by atoms with Crippen LogP contribution in [0.2, 0.25) is 5.02 Å². The van der Waals surface area contributed by atoms with Crippen molar-refractivity contribution < 1.29 is 0 Å². The zero-order chi connectivity index (χ0) is 13.6. The quantitative estimate of drug-likeness (QED) is 0.655. The lowest BCUT2D eigenvalue weighted by Gasteiger charge is -2.03. The molecule has 0 radical (unpaired) electrons. The van der Waals surface area contributed by atoms with Crippen molar-refractivity contribution in [3.63, 3.8) is 0 Å². The maximum atomic E-state index is 6.01. The highest BCUT2D eigenvalue weighted by Crippen LogP contribution is 2.29. The predicted octanol–water partition coefficient (Wildman–Crippen LogP) is 4.08. The van der Waals surface area contributed by atoms with Crippen molar-refractivity contribution in [3.05, 3.63) is 46.5 Å². The lowest BCUT2D eigenvalue weighted by Crippen LogP contribution is -1.87. The van der Waals surface area contributed by atoms with Gasteiger partial charge in [-0.25, -0.2) is 4.98 Å². The number of hydrogen-bond acceptors (Lipinski definition) is 2. The van der Waals surface area contributed by atoms with Gasteiger partial charge in [-0.15, -0.1) is 0 Å². The molecule has 0 aliphatic carbocycles. The van der Waals surface area contributed by atoms with E-state index in [1.165, 1.54) is 11.1 Å². The monoisotopic (exact) mass is 271 g/mol. The molecule has 2 aromatic carbocycles. The Morgan fingerprint density at radius 3 is 2.74 bits per heavy atom. The van der Waals surface area contributed by atoms with Crippen LogP contribution in [-0.4, -0.2) is 9.97 Å². The maximum Gasteiger partial charge on any atom is 0.138 e. The Morgan fingerprint density at radius 2 is 1.95 bits per heavy atom. The van der Waals surface area contributed by atoms with Gasteiger partial charge in [0, 0.05) is 10.6 Å². The normalized spacial score (nSPS) is 11.1. The van der Waals surface area contributed by atoms with Gasteiger partial charge in [0.15, 0.2) is 0 Å². The third-order valence-corrected chi connectivity index (χ3v) is 3.45. The molecule has 0 aliphatic heterocycles. The van der Waals surface area contributed by atoms with Crippen molar-refractivity contribution in [2.75, 3.05) is 5.73 Å². The number of benzene rings is 2. The number of H-pyrrole nitrogens is 1. The molecular formula is C15H14ClN3. The molecule has 0 saturated heterocycles. The Labute approximate surface area is 116 Å². The molecule has 0 unspecified atom stereocenters. The summed E-state index contributed by atoms with van der Waals surface area (Å²) in [6.45, 7) is 4.13. The number of aryl methyl sites for hydroxylation is 2. The minimum atomic E-state index is 0.593. The number of fused-ring (bicyclic) bond motifs is 1. The molecule has 4 heteroatoms. The van der Waals surface area contributed by atoms with Crippen molar-refractivity contribution in [2.24, 2.45) is 0 Å². The van der Waals surface area contributed by atoms with Crippen molar-refractivity contribution in [3.8, 4) is 11.4 Å². The first-order chi connectivity index (χ1) is 9.04. The summed E-state index contributed by atoms with van der Waals surface area (Å²) in [7, 11) is 0. The van der Waals surface area contributed by atoms with E-state index < -0.39 is 0 Å². The molecule has 96 valence electrons. The van der Waals surface area contributed by atoms with Crippen LogP contribution in [0, 0.1) is 13.8 Å². The van der Waals surface area contributed by atoms with Crippen LogP contribution in [0.15, 0.2) is 30.3 Å². The van der Waals surface area contributed by atoms with Crippen LogP contribution in [0.1, 0.15) is 11.1 Å². The smallest absolute Gasteiger partial charge is 0.138 e. The second-order valence-electron chi connectivity index (χ2n) is 4.79. The molecule has 19 heavy (non-hydrogen) atoms. The summed E-state index contributed by atoms with van der Waals surface area (Å²) >= 11 is 6.01. The molecule has 3 N–H and O–H groups in total. The largest absolute Gasteiger partial charge is 0.397 e. The molecule has 0 spiro atoms. The zero-order valence-electron chi connectivity index (χ0n) is 10.8. The third-order valence-electron chi connectivity index (χ3n) is 3.23. The molecule has 0 atom stereocenters. The number of nitrogen functional groups attached to an aromatic ring is 1. The first kappa shape index (κ1) is 12.1. The summed E-state index contributed by atoms with van der Waals surface area (Å²) in [5, 5.41) is 0.612. The fourth-order valence-electron chi connectivity index (χ4n) is 2.23. The van der Waals surface area contributed by atoms with E-state index in [0.29, 0.717) is 10.7 Å². The Hall–Kier alpha value is -2.00. The number of nitrogens with zero attached hydrogens (tertiary/aromatic N) is 1. The van der Waals surface area contributed by atoms with E-state index in [2.05, 4.69) is 42.0 Å². The van der Waals surface area contributed by atoms with Gasteiger partial charge >= 0.3 is 0 Å². The van der Waals surface area contributed by atoms with Gasteiger partial charge < -0.3 is 10.7 Å². The van der Waals surface area contributed by atoms with Crippen LogP contribution in [0.5, 0.6) is 0 Å². The van der Waals surface area contributed by atoms with Crippen LogP contribution in [0.3, 0.4) is 0 Å². The number of rotatable bonds is 1. The Kier molecular flexibility index (Phi) is 2.72. The van der Waals surface area contributed by atoms with Crippen molar-refractivity contribution in [2.45, 2.75) is 13.8 Å². The summed E-state index contributed by atoms with van der Waals surface area (Å²) < 4.78 is 0. The van der Waals surface area contributed by atoms with Crippen LogP contribution < -0.4 is 5.73 Å².